The topological polar surface area (TPSA) is 116 Å². The number of fused-ring (bicyclic) bond motifs is 10. The van der Waals surface area contributed by atoms with Crippen molar-refractivity contribution < 1.29 is 8.42 Å². The summed E-state index contributed by atoms with van der Waals surface area (Å²) in [5.74, 6) is 2.87. The van der Waals surface area contributed by atoms with Crippen LogP contribution in [0.1, 0.15) is 55.2 Å². The van der Waals surface area contributed by atoms with E-state index >= 15 is 0 Å². The zero-order valence-electron chi connectivity index (χ0n) is 18.6. The molecule has 2 bridgehead atoms. The van der Waals surface area contributed by atoms with Crippen molar-refractivity contribution in [1.82, 2.24) is 20.4 Å². The highest BCUT2D eigenvalue weighted by molar-refractivity contribution is 7.93. The summed E-state index contributed by atoms with van der Waals surface area (Å²) < 4.78 is 27.9. The second-order valence-electron chi connectivity index (χ2n) is 10.6. The molecule has 4 aliphatic rings. The molecular weight excluding hydrogens is 448 g/mol. The molecule has 2 aromatic heterocycles. The Morgan fingerprint density at radius 3 is 2.65 bits per heavy atom. The summed E-state index contributed by atoms with van der Waals surface area (Å²) in [4.78, 5) is 0. The van der Waals surface area contributed by atoms with Crippen molar-refractivity contribution in [3.63, 3.8) is 0 Å². The highest BCUT2D eigenvalue weighted by Gasteiger charge is 2.54. The highest BCUT2D eigenvalue weighted by Crippen LogP contribution is 2.64. The lowest BCUT2D eigenvalue weighted by Crippen LogP contribution is -2.35. The number of H-pyrrole nitrogens is 2. The van der Waals surface area contributed by atoms with Crippen LogP contribution in [-0.4, -0.2) is 34.1 Å². The van der Waals surface area contributed by atoms with E-state index in [1.54, 1.807) is 0 Å². The van der Waals surface area contributed by atoms with Gasteiger partial charge in [-0.2, -0.15) is 10.2 Å². The standard InChI is InChI=1S/C25H26N6O2S/c32-34(33,15-4-5-15)31-25-16-10-14(3-6-18(16)29-30-25)24-22-13-2-1-12(9-13)21(22)23-17-11-26-28-19(17)7-8-20(23)27-24/h3,6-8,10-13,15,21-22,24,27H,1-2,4-5,9H2,(H,26,28)(H2,29,30,31)/t12-,13+,21+,22-,24+/m1/s1. The van der Waals surface area contributed by atoms with Crippen LogP contribution in [0.15, 0.2) is 36.5 Å². The van der Waals surface area contributed by atoms with Gasteiger partial charge in [-0.15, -0.1) is 0 Å². The Labute approximate surface area is 196 Å². The van der Waals surface area contributed by atoms with Gasteiger partial charge in [0.25, 0.3) is 0 Å². The Morgan fingerprint density at radius 1 is 0.941 bits per heavy atom. The Kier molecular flexibility index (Phi) is 3.70. The molecule has 8 rings (SSSR count). The predicted octanol–water partition coefficient (Wildman–Crippen LogP) is 4.64. The number of nitrogens with zero attached hydrogens (tertiary/aromatic N) is 2. The van der Waals surface area contributed by atoms with Crippen LogP contribution < -0.4 is 10.0 Å². The molecule has 5 atom stereocenters. The number of aromatic nitrogens is 4. The second kappa shape index (κ2) is 6.53. The van der Waals surface area contributed by atoms with Crippen LogP contribution in [0.3, 0.4) is 0 Å². The van der Waals surface area contributed by atoms with E-state index in [4.69, 9.17) is 0 Å². The van der Waals surface area contributed by atoms with E-state index in [2.05, 4.69) is 54.7 Å². The molecule has 3 heterocycles. The largest absolute Gasteiger partial charge is 0.378 e. The fourth-order valence-electron chi connectivity index (χ4n) is 7.24. The number of aromatic amines is 2. The summed E-state index contributed by atoms with van der Waals surface area (Å²) in [7, 11) is -3.37. The molecule has 9 heteroatoms. The van der Waals surface area contributed by atoms with Gasteiger partial charge in [0.15, 0.2) is 5.82 Å². The first-order valence-electron chi connectivity index (χ1n) is 12.3. The van der Waals surface area contributed by atoms with Gasteiger partial charge in [0.2, 0.25) is 10.0 Å². The number of hydrogen-bond acceptors (Lipinski definition) is 5. The van der Waals surface area contributed by atoms with E-state index in [1.807, 2.05) is 12.3 Å². The summed E-state index contributed by atoms with van der Waals surface area (Å²) in [6, 6.07) is 10.8. The number of rotatable bonds is 4. The zero-order chi connectivity index (χ0) is 22.6. The first kappa shape index (κ1) is 19.3. The molecule has 0 radical (unpaired) electrons. The SMILES string of the molecule is O=S(=O)(Nc1n[nH]c2ccc([C@@H]3Nc4ccc5[nH]ncc5c4[C@H]4[C@@H]5CC[C@@H](C5)[C@H]43)cc12)C1CC1. The van der Waals surface area contributed by atoms with Crippen molar-refractivity contribution >= 4 is 43.3 Å². The second-order valence-corrected chi connectivity index (χ2v) is 12.6. The number of anilines is 2. The maximum Gasteiger partial charge on any atom is 0.236 e. The van der Waals surface area contributed by atoms with Crippen molar-refractivity contribution in [3.8, 4) is 0 Å². The minimum atomic E-state index is -3.37. The highest BCUT2D eigenvalue weighted by atomic mass is 32.2. The maximum absolute atomic E-state index is 12.6. The lowest BCUT2D eigenvalue weighted by atomic mass is 9.67. The molecule has 4 N–H and O–H groups in total. The van der Waals surface area contributed by atoms with Crippen LogP contribution >= 0.6 is 0 Å². The third kappa shape index (κ3) is 2.61. The van der Waals surface area contributed by atoms with Crippen molar-refractivity contribution in [2.45, 2.75) is 49.3 Å². The first-order chi connectivity index (χ1) is 16.6. The predicted molar refractivity (Wildman–Crippen MR) is 131 cm³/mol. The van der Waals surface area contributed by atoms with Crippen LogP contribution in [-0.2, 0) is 10.0 Å². The van der Waals surface area contributed by atoms with Crippen molar-refractivity contribution in [1.29, 1.82) is 0 Å². The molecule has 3 aliphatic carbocycles. The summed E-state index contributed by atoms with van der Waals surface area (Å²) >= 11 is 0. The van der Waals surface area contributed by atoms with Crippen LogP contribution in [0.5, 0.6) is 0 Å². The van der Waals surface area contributed by atoms with E-state index in [9.17, 15) is 8.42 Å². The normalized spacial score (nSPS) is 29.8. The van der Waals surface area contributed by atoms with Gasteiger partial charge < -0.3 is 5.32 Å². The van der Waals surface area contributed by atoms with E-state index in [0.717, 1.165) is 35.2 Å². The Balaban J connectivity index is 1.24. The molecule has 2 aromatic carbocycles. The maximum atomic E-state index is 12.6. The number of benzene rings is 2. The van der Waals surface area contributed by atoms with E-state index in [0.29, 0.717) is 23.6 Å². The lowest BCUT2D eigenvalue weighted by Gasteiger charge is -2.43. The van der Waals surface area contributed by atoms with Crippen LogP contribution in [0.4, 0.5) is 11.5 Å². The Morgan fingerprint density at radius 2 is 1.76 bits per heavy atom. The van der Waals surface area contributed by atoms with Crippen LogP contribution in [0.2, 0.25) is 0 Å². The molecule has 3 saturated carbocycles. The van der Waals surface area contributed by atoms with Gasteiger partial charge in [0, 0.05) is 16.5 Å². The molecule has 3 fully saturated rings. The number of hydrogen-bond donors (Lipinski definition) is 4. The monoisotopic (exact) mass is 474 g/mol. The third-order valence-electron chi connectivity index (χ3n) is 8.82. The van der Waals surface area contributed by atoms with Gasteiger partial charge in [0.1, 0.15) is 0 Å². The summed E-state index contributed by atoms with van der Waals surface area (Å²) in [5, 5.41) is 20.5. The minimum Gasteiger partial charge on any atom is -0.378 e. The molecular formula is C25H26N6O2S. The number of sulfonamides is 1. The van der Waals surface area contributed by atoms with E-state index < -0.39 is 10.0 Å². The van der Waals surface area contributed by atoms with Crippen molar-refractivity contribution in [2.75, 3.05) is 10.0 Å². The lowest BCUT2D eigenvalue weighted by molar-refractivity contribution is 0.249. The molecule has 0 amide bonds. The molecule has 0 saturated heterocycles. The molecule has 0 spiro atoms. The summed E-state index contributed by atoms with van der Waals surface area (Å²) in [6.45, 7) is 0. The van der Waals surface area contributed by atoms with Gasteiger partial charge in [-0.3, -0.25) is 14.9 Å². The van der Waals surface area contributed by atoms with Crippen LogP contribution in [0.25, 0.3) is 21.8 Å². The molecule has 8 nitrogen and oxygen atoms in total. The van der Waals surface area contributed by atoms with Crippen LogP contribution in [0, 0.1) is 17.8 Å². The average Bonchev–Trinajstić information content (AvgIpc) is 3.17. The van der Waals surface area contributed by atoms with E-state index in [1.165, 1.54) is 41.5 Å². The molecule has 4 aromatic rings. The molecule has 1 aliphatic heterocycles. The third-order valence-corrected chi connectivity index (χ3v) is 10.7. The van der Waals surface area contributed by atoms with E-state index in [-0.39, 0.29) is 11.3 Å². The van der Waals surface area contributed by atoms with Gasteiger partial charge >= 0.3 is 0 Å². The van der Waals surface area contributed by atoms with Crippen molar-refractivity contribution in [3.05, 3.63) is 47.7 Å². The Hall–Kier alpha value is -3.07. The van der Waals surface area contributed by atoms with Gasteiger partial charge in [0.05, 0.1) is 28.5 Å². The smallest absolute Gasteiger partial charge is 0.236 e. The van der Waals surface area contributed by atoms with Crippen molar-refractivity contribution in [2.24, 2.45) is 17.8 Å². The fraction of sp³-hybridized carbons (Fsp3) is 0.440. The molecule has 174 valence electrons. The first-order valence-corrected chi connectivity index (χ1v) is 13.8. The quantitative estimate of drug-likeness (QED) is 0.344. The average molecular weight is 475 g/mol. The Bertz CT molecular complexity index is 1570. The molecule has 0 unspecified atom stereocenters. The summed E-state index contributed by atoms with van der Waals surface area (Å²) in [5.41, 5.74) is 5.78. The van der Waals surface area contributed by atoms with Gasteiger partial charge in [-0.05, 0) is 91.2 Å². The molecule has 34 heavy (non-hydrogen) atoms. The summed E-state index contributed by atoms with van der Waals surface area (Å²) in [6.07, 6.45) is 7.32. The zero-order valence-corrected chi connectivity index (χ0v) is 19.4. The van der Waals surface area contributed by atoms with Gasteiger partial charge in [-0.25, -0.2) is 8.42 Å². The fourth-order valence-corrected chi connectivity index (χ4v) is 8.59. The minimum absolute atomic E-state index is 0.185. The van der Waals surface area contributed by atoms with Gasteiger partial charge in [-0.1, -0.05) is 6.07 Å². The number of nitrogens with one attached hydrogen (secondary N) is 4.